The Labute approximate surface area is 230 Å². The minimum absolute atomic E-state index is 0.0150. The van der Waals surface area contributed by atoms with E-state index < -0.39 is 35.0 Å². The van der Waals surface area contributed by atoms with Gasteiger partial charge in [0.25, 0.3) is 0 Å². The maximum absolute atomic E-state index is 15.3. The molecule has 1 saturated heterocycles. The summed E-state index contributed by atoms with van der Waals surface area (Å²) < 4.78 is 38.1. The maximum atomic E-state index is 15.3. The van der Waals surface area contributed by atoms with Crippen LogP contribution in [0.15, 0.2) is 36.7 Å². The molecule has 4 heterocycles. The highest BCUT2D eigenvalue weighted by Gasteiger charge is 2.33. The fourth-order valence-corrected chi connectivity index (χ4v) is 4.34. The first-order valence-electron chi connectivity index (χ1n) is 12.2. The third kappa shape index (κ3) is 5.70. The Balaban J connectivity index is 1.35. The lowest BCUT2D eigenvalue weighted by molar-refractivity contribution is -0.389. The molecule has 0 saturated carbocycles. The molecular weight excluding hydrogens is 547 g/mol. The predicted molar refractivity (Wildman–Crippen MR) is 136 cm³/mol. The van der Waals surface area contributed by atoms with Crippen molar-refractivity contribution in [1.82, 2.24) is 19.9 Å². The van der Waals surface area contributed by atoms with Gasteiger partial charge in [0.15, 0.2) is 6.10 Å². The first kappa shape index (κ1) is 27.3. The average molecular weight is 570 g/mol. The van der Waals surface area contributed by atoms with Crippen LogP contribution in [0.2, 0.25) is 0 Å². The van der Waals surface area contributed by atoms with E-state index in [0.29, 0.717) is 0 Å². The van der Waals surface area contributed by atoms with E-state index in [0.717, 1.165) is 6.07 Å². The first-order chi connectivity index (χ1) is 19.6. The standard InChI is InChI=1S/C25H23FN6O9/c1-13(33)27-8-16-10-31(25(35)41-16)15-3-4-18(20(26)6-15)14-5-19(23(34)38-2)22(28-7-14)40-17-9-30-11-21(32(36)37)29-24(30)39-12-17/h3-7,11,16-17H,8-10,12H2,1-2H3,(H,27,33). The largest absolute Gasteiger partial charge is 0.468 e. The fourth-order valence-electron chi connectivity index (χ4n) is 4.34. The summed E-state index contributed by atoms with van der Waals surface area (Å²) in [5, 5.41) is 13.6. The van der Waals surface area contributed by atoms with Gasteiger partial charge in [-0.05, 0) is 29.2 Å². The summed E-state index contributed by atoms with van der Waals surface area (Å²) >= 11 is 0. The van der Waals surface area contributed by atoms with Crippen LogP contribution < -0.4 is 19.7 Å². The van der Waals surface area contributed by atoms with Crippen LogP contribution in [0, 0.1) is 15.9 Å². The Bertz CT molecular complexity index is 1540. The molecule has 0 bridgehead atoms. The van der Waals surface area contributed by atoms with Gasteiger partial charge in [0.2, 0.25) is 11.8 Å². The maximum Gasteiger partial charge on any atom is 0.414 e. The van der Waals surface area contributed by atoms with Crippen molar-refractivity contribution in [3.63, 3.8) is 0 Å². The number of halogens is 1. The molecule has 1 aromatic carbocycles. The second kappa shape index (κ2) is 11.1. The van der Waals surface area contributed by atoms with Crippen LogP contribution >= 0.6 is 0 Å². The van der Waals surface area contributed by atoms with E-state index in [-0.39, 0.29) is 72.2 Å². The molecule has 1 N–H and O–H groups in total. The normalized spacial score (nSPS) is 17.7. The van der Waals surface area contributed by atoms with Crippen molar-refractivity contribution < 1.29 is 42.6 Å². The molecule has 41 heavy (non-hydrogen) atoms. The van der Waals surface area contributed by atoms with Crippen molar-refractivity contribution in [2.45, 2.75) is 25.7 Å². The van der Waals surface area contributed by atoms with Crippen molar-refractivity contribution in [3.8, 4) is 23.0 Å². The summed E-state index contributed by atoms with van der Waals surface area (Å²) in [6, 6.07) is 5.53. The van der Waals surface area contributed by atoms with Gasteiger partial charge >= 0.3 is 23.9 Å². The van der Waals surface area contributed by atoms with Crippen LogP contribution in [-0.2, 0) is 20.8 Å². The molecular formula is C25H23FN6O9. The Morgan fingerprint density at radius 2 is 2.10 bits per heavy atom. The number of imidazole rings is 1. The molecule has 0 radical (unpaired) electrons. The van der Waals surface area contributed by atoms with E-state index in [1.54, 1.807) is 0 Å². The predicted octanol–water partition coefficient (Wildman–Crippen LogP) is 2.08. The number of nitrogens with zero attached hydrogens (tertiary/aromatic N) is 5. The van der Waals surface area contributed by atoms with E-state index in [1.807, 2.05) is 0 Å². The molecule has 2 aromatic heterocycles. The highest BCUT2D eigenvalue weighted by atomic mass is 19.1. The number of carbonyl (C=O) groups excluding carboxylic acids is 3. The molecule has 16 heteroatoms. The van der Waals surface area contributed by atoms with E-state index in [9.17, 15) is 24.5 Å². The van der Waals surface area contributed by atoms with Crippen LogP contribution in [0.5, 0.6) is 11.9 Å². The number of methoxy groups -OCH3 is 1. The third-order valence-electron chi connectivity index (χ3n) is 6.28. The summed E-state index contributed by atoms with van der Waals surface area (Å²) in [5.74, 6) is -2.22. The highest BCUT2D eigenvalue weighted by Crippen LogP contribution is 2.32. The van der Waals surface area contributed by atoms with Crippen LogP contribution in [0.1, 0.15) is 17.3 Å². The van der Waals surface area contributed by atoms with E-state index >= 15 is 4.39 Å². The van der Waals surface area contributed by atoms with E-state index in [4.69, 9.17) is 18.9 Å². The number of fused-ring (bicyclic) bond motifs is 1. The first-order valence-corrected chi connectivity index (χ1v) is 12.2. The second-order valence-corrected chi connectivity index (χ2v) is 9.13. The lowest BCUT2D eigenvalue weighted by Gasteiger charge is -2.23. The minimum Gasteiger partial charge on any atom is -0.468 e. The molecule has 2 aliphatic rings. The number of esters is 1. The molecule has 5 rings (SSSR count). The zero-order chi connectivity index (χ0) is 29.3. The van der Waals surface area contributed by atoms with Gasteiger partial charge in [-0.25, -0.2) is 19.0 Å². The summed E-state index contributed by atoms with van der Waals surface area (Å²) in [6.45, 7) is 1.72. The number of cyclic esters (lactones) is 1. The van der Waals surface area contributed by atoms with Crippen molar-refractivity contribution in [2.75, 3.05) is 31.7 Å². The van der Waals surface area contributed by atoms with Gasteiger partial charge in [-0.1, -0.05) is 0 Å². The SMILES string of the molecule is COC(=O)c1cc(-c2ccc(N3CC(CNC(C)=O)OC3=O)cc2F)cnc1OC1COc2nc([N+](=O)[O-])cn2C1. The number of carbonyl (C=O) groups is 3. The zero-order valence-electron chi connectivity index (χ0n) is 21.7. The number of hydrogen-bond donors (Lipinski definition) is 1. The molecule has 15 nitrogen and oxygen atoms in total. The Hall–Kier alpha value is -5.28. The van der Waals surface area contributed by atoms with Crippen LogP contribution in [0.4, 0.5) is 20.7 Å². The van der Waals surface area contributed by atoms with Gasteiger partial charge in [0, 0.05) is 29.2 Å². The molecule has 0 spiro atoms. The zero-order valence-corrected chi connectivity index (χ0v) is 21.7. The van der Waals surface area contributed by atoms with Crippen LogP contribution in [0.3, 0.4) is 0 Å². The number of ether oxygens (including phenoxy) is 4. The van der Waals surface area contributed by atoms with Crippen molar-refractivity contribution >= 4 is 29.5 Å². The molecule has 3 aromatic rings. The third-order valence-corrected chi connectivity index (χ3v) is 6.28. The van der Waals surface area contributed by atoms with E-state index in [2.05, 4.69) is 15.3 Å². The van der Waals surface area contributed by atoms with Gasteiger partial charge in [-0.2, -0.15) is 0 Å². The highest BCUT2D eigenvalue weighted by molar-refractivity contribution is 5.94. The Morgan fingerprint density at radius 3 is 2.80 bits per heavy atom. The van der Waals surface area contributed by atoms with Crippen LogP contribution in [0.25, 0.3) is 11.1 Å². The summed E-state index contributed by atoms with van der Waals surface area (Å²) in [7, 11) is 1.17. The minimum atomic E-state index is -0.785. The number of benzene rings is 1. The van der Waals surface area contributed by atoms with Crippen molar-refractivity contribution in [3.05, 3.63) is 58.2 Å². The molecule has 2 atom stereocenters. The Kier molecular flexibility index (Phi) is 7.37. The number of nitrogens with one attached hydrogen (secondary N) is 1. The molecule has 2 aliphatic heterocycles. The Morgan fingerprint density at radius 1 is 1.29 bits per heavy atom. The number of amides is 2. The number of anilines is 1. The fraction of sp³-hybridized carbons (Fsp3) is 0.320. The van der Waals surface area contributed by atoms with Crippen molar-refractivity contribution in [1.29, 1.82) is 0 Å². The second-order valence-electron chi connectivity index (χ2n) is 9.13. The van der Waals surface area contributed by atoms with Gasteiger partial charge in [0.1, 0.15) is 30.3 Å². The molecule has 0 aliphatic carbocycles. The number of aromatic nitrogens is 3. The number of pyridine rings is 1. The number of rotatable bonds is 8. The van der Waals surface area contributed by atoms with Gasteiger partial charge in [0.05, 0.1) is 32.4 Å². The number of hydrogen-bond acceptors (Lipinski definition) is 11. The monoisotopic (exact) mass is 570 g/mol. The average Bonchev–Trinajstić information content (AvgIpc) is 3.55. The van der Waals surface area contributed by atoms with E-state index in [1.165, 1.54) is 54.1 Å². The molecule has 1 fully saturated rings. The van der Waals surface area contributed by atoms with Crippen LogP contribution in [-0.4, -0.2) is 76.4 Å². The molecule has 214 valence electrons. The summed E-state index contributed by atoms with van der Waals surface area (Å²) in [4.78, 5) is 55.6. The summed E-state index contributed by atoms with van der Waals surface area (Å²) in [6.07, 6.45) is 0.583. The lowest BCUT2D eigenvalue weighted by atomic mass is 10.0. The lowest BCUT2D eigenvalue weighted by Crippen LogP contribution is -2.35. The van der Waals surface area contributed by atoms with Crippen molar-refractivity contribution in [2.24, 2.45) is 0 Å². The van der Waals surface area contributed by atoms with Gasteiger partial charge < -0.3 is 34.4 Å². The smallest absolute Gasteiger partial charge is 0.414 e. The quantitative estimate of drug-likeness (QED) is 0.238. The summed E-state index contributed by atoms with van der Waals surface area (Å²) in [5.41, 5.74) is 0.498. The topological polar surface area (TPSA) is 177 Å². The molecule has 2 amide bonds. The van der Waals surface area contributed by atoms with Gasteiger partial charge in [-0.3, -0.25) is 14.3 Å². The van der Waals surface area contributed by atoms with Gasteiger partial charge in [-0.15, -0.1) is 0 Å². The number of nitro groups is 1. The molecule has 2 unspecified atom stereocenters.